The molecule has 1 heterocycles. The van der Waals surface area contributed by atoms with Crippen LogP contribution in [0.1, 0.15) is 31.4 Å². The lowest BCUT2D eigenvalue weighted by Crippen LogP contribution is -2.25. The summed E-state index contributed by atoms with van der Waals surface area (Å²) < 4.78 is 13.2. The molecule has 2 unspecified atom stereocenters. The molecule has 0 saturated carbocycles. The summed E-state index contributed by atoms with van der Waals surface area (Å²) in [5.41, 5.74) is 1.06. The molecule has 2 nitrogen and oxygen atoms in total. The zero-order chi connectivity index (χ0) is 12.3. The Morgan fingerprint density at radius 3 is 3.00 bits per heavy atom. The van der Waals surface area contributed by atoms with E-state index in [0.717, 1.165) is 31.5 Å². The minimum absolute atomic E-state index is 0.163. The highest BCUT2D eigenvalue weighted by molar-refractivity contribution is 5.21. The molecular formula is C14H20FNO. The van der Waals surface area contributed by atoms with Crippen LogP contribution in [0.4, 0.5) is 4.39 Å². The van der Waals surface area contributed by atoms with Crippen LogP contribution in [-0.2, 0) is 0 Å². The zero-order valence-electron chi connectivity index (χ0n) is 10.3. The van der Waals surface area contributed by atoms with Crippen molar-refractivity contribution in [2.75, 3.05) is 19.7 Å². The number of rotatable bonds is 4. The molecule has 2 rings (SSSR count). The molecule has 1 saturated heterocycles. The van der Waals surface area contributed by atoms with E-state index in [-0.39, 0.29) is 12.4 Å². The Balaban J connectivity index is 2.12. The average Bonchev–Trinajstić information content (AvgIpc) is 2.68. The highest BCUT2D eigenvalue weighted by Crippen LogP contribution is 2.35. The molecule has 1 aromatic rings. The van der Waals surface area contributed by atoms with Crippen molar-refractivity contribution in [1.29, 1.82) is 0 Å². The van der Waals surface area contributed by atoms with Crippen molar-refractivity contribution in [3.63, 3.8) is 0 Å². The third-order valence-electron chi connectivity index (χ3n) is 3.45. The third-order valence-corrected chi connectivity index (χ3v) is 3.45. The van der Waals surface area contributed by atoms with Gasteiger partial charge in [0.1, 0.15) is 5.82 Å². The van der Waals surface area contributed by atoms with Gasteiger partial charge in [0.2, 0.25) is 0 Å². The summed E-state index contributed by atoms with van der Waals surface area (Å²) in [4.78, 5) is 2.36. The maximum absolute atomic E-state index is 13.2. The molecule has 0 aliphatic carbocycles. The van der Waals surface area contributed by atoms with Crippen molar-refractivity contribution in [2.24, 2.45) is 5.92 Å². The van der Waals surface area contributed by atoms with Gasteiger partial charge in [-0.15, -0.1) is 0 Å². The van der Waals surface area contributed by atoms with Gasteiger partial charge in [-0.25, -0.2) is 4.39 Å². The minimum atomic E-state index is -0.163. The van der Waals surface area contributed by atoms with Gasteiger partial charge in [-0.2, -0.15) is 0 Å². The second-order valence-electron chi connectivity index (χ2n) is 4.98. The first-order valence-corrected chi connectivity index (χ1v) is 6.31. The van der Waals surface area contributed by atoms with Gasteiger partial charge in [0.25, 0.3) is 0 Å². The van der Waals surface area contributed by atoms with Crippen LogP contribution in [0.3, 0.4) is 0 Å². The predicted molar refractivity (Wildman–Crippen MR) is 66.2 cm³/mol. The number of aliphatic hydroxyl groups is 1. The summed E-state index contributed by atoms with van der Waals surface area (Å²) in [6.07, 6.45) is 1.87. The van der Waals surface area contributed by atoms with Crippen LogP contribution >= 0.6 is 0 Å². The van der Waals surface area contributed by atoms with E-state index in [0.29, 0.717) is 12.0 Å². The topological polar surface area (TPSA) is 23.5 Å². The molecule has 1 aromatic carbocycles. The van der Waals surface area contributed by atoms with Crippen molar-refractivity contribution in [2.45, 2.75) is 25.8 Å². The van der Waals surface area contributed by atoms with Gasteiger partial charge < -0.3 is 5.11 Å². The molecule has 0 spiro atoms. The summed E-state index contributed by atoms with van der Waals surface area (Å²) in [6.45, 7) is 4.38. The highest BCUT2D eigenvalue weighted by atomic mass is 19.1. The molecular weight excluding hydrogens is 217 g/mol. The second kappa shape index (κ2) is 5.61. The van der Waals surface area contributed by atoms with Crippen molar-refractivity contribution >= 4 is 0 Å². The van der Waals surface area contributed by atoms with E-state index in [4.69, 9.17) is 5.11 Å². The maximum atomic E-state index is 13.2. The molecule has 0 aromatic heterocycles. The van der Waals surface area contributed by atoms with Crippen LogP contribution in [0.5, 0.6) is 0 Å². The van der Waals surface area contributed by atoms with Crippen LogP contribution in [0.15, 0.2) is 24.3 Å². The number of aliphatic hydroxyl groups excluding tert-OH is 1. The number of nitrogens with zero attached hydrogens (tertiary/aromatic N) is 1. The van der Waals surface area contributed by atoms with Crippen LogP contribution in [-0.4, -0.2) is 29.7 Å². The number of hydrogen-bond acceptors (Lipinski definition) is 2. The lowest BCUT2D eigenvalue weighted by Gasteiger charge is -2.24. The van der Waals surface area contributed by atoms with E-state index in [9.17, 15) is 4.39 Å². The summed E-state index contributed by atoms with van der Waals surface area (Å²) in [6, 6.07) is 7.21. The summed E-state index contributed by atoms with van der Waals surface area (Å²) >= 11 is 0. The van der Waals surface area contributed by atoms with Gasteiger partial charge in [0.05, 0.1) is 0 Å². The molecule has 3 heteroatoms. The van der Waals surface area contributed by atoms with E-state index < -0.39 is 0 Å². The molecule has 1 N–H and O–H groups in total. The Morgan fingerprint density at radius 1 is 1.47 bits per heavy atom. The lowest BCUT2D eigenvalue weighted by molar-refractivity contribution is 0.211. The predicted octanol–water partition coefficient (Wildman–Crippen LogP) is 2.59. The van der Waals surface area contributed by atoms with Gasteiger partial charge in [-0.3, -0.25) is 4.90 Å². The fourth-order valence-corrected chi connectivity index (χ4v) is 2.71. The molecule has 17 heavy (non-hydrogen) atoms. The van der Waals surface area contributed by atoms with Gasteiger partial charge in [0, 0.05) is 25.7 Å². The average molecular weight is 237 g/mol. The third kappa shape index (κ3) is 3.05. The molecule has 0 bridgehead atoms. The molecule has 94 valence electrons. The molecule has 1 aliphatic rings. The van der Waals surface area contributed by atoms with Gasteiger partial charge in [-0.1, -0.05) is 19.1 Å². The monoisotopic (exact) mass is 237 g/mol. The van der Waals surface area contributed by atoms with Crippen LogP contribution < -0.4 is 0 Å². The highest BCUT2D eigenvalue weighted by Gasteiger charge is 2.30. The van der Waals surface area contributed by atoms with E-state index in [2.05, 4.69) is 11.8 Å². The van der Waals surface area contributed by atoms with Crippen molar-refractivity contribution < 1.29 is 9.50 Å². The number of benzene rings is 1. The van der Waals surface area contributed by atoms with Crippen LogP contribution in [0.2, 0.25) is 0 Å². The van der Waals surface area contributed by atoms with E-state index in [1.54, 1.807) is 12.1 Å². The fourth-order valence-electron chi connectivity index (χ4n) is 2.71. The Labute approximate surface area is 102 Å². The minimum Gasteiger partial charge on any atom is -0.396 e. The van der Waals surface area contributed by atoms with Crippen molar-refractivity contribution in [3.05, 3.63) is 35.6 Å². The standard InChI is InChI=1S/C14H20FNO/c1-11-8-14(16(10-11)6-3-7-17)12-4-2-5-13(15)9-12/h2,4-5,9,11,14,17H,3,6-8,10H2,1H3. The largest absolute Gasteiger partial charge is 0.396 e. The van der Waals surface area contributed by atoms with E-state index >= 15 is 0 Å². The SMILES string of the molecule is CC1CC(c2cccc(F)c2)N(CCCO)C1. The quantitative estimate of drug-likeness (QED) is 0.870. The number of halogens is 1. The normalized spacial score (nSPS) is 25.4. The van der Waals surface area contributed by atoms with Gasteiger partial charge in [-0.05, 0) is 36.5 Å². The first kappa shape index (κ1) is 12.5. The Hall–Kier alpha value is -0.930. The van der Waals surface area contributed by atoms with Crippen molar-refractivity contribution in [3.8, 4) is 0 Å². The lowest BCUT2D eigenvalue weighted by atomic mass is 10.0. The van der Waals surface area contributed by atoms with E-state index in [1.807, 2.05) is 6.07 Å². The summed E-state index contributed by atoms with van der Waals surface area (Å²) in [5, 5.41) is 8.91. The Bertz CT molecular complexity index is 369. The van der Waals surface area contributed by atoms with Crippen LogP contribution in [0.25, 0.3) is 0 Å². The number of hydrogen-bond donors (Lipinski definition) is 1. The van der Waals surface area contributed by atoms with Crippen LogP contribution in [0, 0.1) is 11.7 Å². The summed E-state index contributed by atoms with van der Waals surface area (Å²) in [5.74, 6) is 0.478. The molecule has 1 fully saturated rings. The fraction of sp³-hybridized carbons (Fsp3) is 0.571. The molecule has 0 amide bonds. The molecule has 2 atom stereocenters. The Morgan fingerprint density at radius 2 is 2.29 bits per heavy atom. The second-order valence-corrected chi connectivity index (χ2v) is 4.98. The van der Waals surface area contributed by atoms with E-state index in [1.165, 1.54) is 6.07 Å². The summed E-state index contributed by atoms with van der Waals surface area (Å²) in [7, 11) is 0. The Kier molecular flexibility index (Phi) is 4.13. The smallest absolute Gasteiger partial charge is 0.123 e. The molecule has 0 radical (unpaired) electrons. The maximum Gasteiger partial charge on any atom is 0.123 e. The first-order chi connectivity index (χ1) is 8.20. The van der Waals surface area contributed by atoms with Gasteiger partial charge >= 0.3 is 0 Å². The number of likely N-dealkylation sites (tertiary alicyclic amines) is 1. The first-order valence-electron chi connectivity index (χ1n) is 6.31. The van der Waals surface area contributed by atoms with Gasteiger partial charge in [0.15, 0.2) is 0 Å². The zero-order valence-corrected chi connectivity index (χ0v) is 10.3. The molecule has 1 aliphatic heterocycles. The van der Waals surface area contributed by atoms with Crippen molar-refractivity contribution in [1.82, 2.24) is 4.90 Å².